The van der Waals surface area contributed by atoms with E-state index in [2.05, 4.69) is 0 Å². The van der Waals surface area contributed by atoms with E-state index in [9.17, 15) is 9.59 Å². The van der Waals surface area contributed by atoms with Gasteiger partial charge in [-0.2, -0.15) is 0 Å². The fourth-order valence-corrected chi connectivity index (χ4v) is 4.28. The second-order valence-corrected chi connectivity index (χ2v) is 8.82. The lowest BCUT2D eigenvalue weighted by molar-refractivity contribution is -0.142. The minimum Gasteiger partial charge on any atom is -0.385 e. The summed E-state index contributed by atoms with van der Waals surface area (Å²) in [4.78, 5) is 30.9. The number of benzene rings is 2. The van der Waals surface area contributed by atoms with Crippen LogP contribution < -0.4 is 0 Å². The molecule has 0 aliphatic carbocycles. The second kappa shape index (κ2) is 13.5. The van der Waals surface area contributed by atoms with Gasteiger partial charge in [0.1, 0.15) is 0 Å². The lowest BCUT2D eigenvalue weighted by Crippen LogP contribution is -2.44. The van der Waals surface area contributed by atoms with Gasteiger partial charge in [-0.1, -0.05) is 67.6 Å². The number of carbonyl (C=O) groups is 2. The highest BCUT2D eigenvalue weighted by Gasteiger charge is 2.27. The third kappa shape index (κ3) is 7.55. The molecule has 3 rings (SSSR count). The molecule has 0 bridgehead atoms. The molecule has 3 aromatic rings. The zero-order chi connectivity index (χ0) is 25.0. The zero-order valence-corrected chi connectivity index (χ0v) is 21.1. The number of nitrogens with zero attached hydrogens (tertiary/aromatic N) is 3. The maximum Gasteiger partial charge on any atom is 0.242 e. The zero-order valence-electron chi connectivity index (χ0n) is 21.1. The van der Waals surface area contributed by atoms with Gasteiger partial charge >= 0.3 is 0 Å². The van der Waals surface area contributed by atoms with Crippen LogP contribution in [0.3, 0.4) is 0 Å². The molecule has 1 heterocycles. The van der Waals surface area contributed by atoms with Crippen molar-refractivity contribution in [1.29, 1.82) is 0 Å². The summed E-state index contributed by atoms with van der Waals surface area (Å²) in [5.41, 5.74) is 3.08. The Kier molecular flexibility index (Phi) is 10.1. The van der Waals surface area contributed by atoms with Crippen molar-refractivity contribution in [1.82, 2.24) is 14.4 Å². The van der Waals surface area contributed by atoms with Crippen molar-refractivity contribution >= 4 is 11.8 Å². The first kappa shape index (κ1) is 26.2. The number of aryl methyl sites for hydroxylation is 1. The van der Waals surface area contributed by atoms with E-state index in [0.29, 0.717) is 39.1 Å². The second-order valence-electron chi connectivity index (χ2n) is 8.82. The van der Waals surface area contributed by atoms with Crippen LogP contribution in [0.4, 0.5) is 0 Å². The number of carbonyl (C=O) groups excluding carboxylic acids is 2. The predicted octanol–water partition coefficient (Wildman–Crippen LogP) is 4.61. The standard InChI is InChI=1S/C29H37N3O3/c1-4-27(25-15-9-6-10-16-25)29(34)31(19-12-20-35-3)23-28(33)32(21-24-13-7-5-8-14-24)22-26-17-11-18-30(26)2/h5-11,13-18,27H,4,12,19-23H2,1-3H3. The van der Waals surface area contributed by atoms with Crippen molar-refractivity contribution in [2.24, 2.45) is 7.05 Å². The lowest BCUT2D eigenvalue weighted by Gasteiger charge is -2.30. The minimum absolute atomic E-state index is 0.0123. The summed E-state index contributed by atoms with van der Waals surface area (Å²) in [6.07, 6.45) is 3.33. The first-order chi connectivity index (χ1) is 17.0. The van der Waals surface area contributed by atoms with Crippen molar-refractivity contribution < 1.29 is 14.3 Å². The van der Waals surface area contributed by atoms with Gasteiger partial charge in [-0.05, 0) is 36.1 Å². The van der Waals surface area contributed by atoms with Gasteiger partial charge in [-0.15, -0.1) is 0 Å². The quantitative estimate of drug-likeness (QED) is 0.339. The molecule has 0 saturated carbocycles. The van der Waals surface area contributed by atoms with Crippen LogP contribution in [0.5, 0.6) is 0 Å². The van der Waals surface area contributed by atoms with Crippen molar-refractivity contribution in [3.05, 3.63) is 95.8 Å². The molecule has 0 aliphatic rings. The molecule has 6 nitrogen and oxygen atoms in total. The highest BCUT2D eigenvalue weighted by Crippen LogP contribution is 2.22. The van der Waals surface area contributed by atoms with E-state index in [4.69, 9.17) is 4.74 Å². The smallest absolute Gasteiger partial charge is 0.242 e. The third-order valence-corrected chi connectivity index (χ3v) is 6.30. The minimum atomic E-state index is -0.276. The molecule has 0 fully saturated rings. The Morgan fingerprint density at radius 1 is 0.914 bits per heavy atom. The Hall–Kier alpha value is -3.38. The number of amides is 2. The molecule has 2 amide bonds. The molecule has 186 valence electrons. The molecule has 0 spiro atoms. The fourth-order valence-electron chi connectivity index (χ4n) is 4.28. The molecule has 0 saturated heterocycles. The first-order valence-corrected chi connectivity index (χ1v) is 12.3. The molecule has 2 aromatic carbocycles. The maximum atomic E-state index is 13.7. The van der Waals surface area contributed by atoms with E-state index in [0.717, 1.165) is 16.8 Å². The normalized spacial score (nSPS) is 11.7. The summed E-state index contributed by atoms with van der Waals surface area (Å²) < 4.78 is 7.25. The summed E-state index contributed by atoms with van der Waals surface area (Å²) in [7, 11) is 3.63. The summed E-state index contributed by atoms with van der Waals surface area (Å²) in [6.45, 7) is 4.04. The molecule has 0 N–H and O–H groups in total. The Balaban J connectivity index is 1.82. The molecule has 0 aliphatic heterocycles. The van der Waals surface area contributed by atoms with Gasteiger partial charge in [0.05, 0.1) is 19.0 Å². The van der Waals surface area contributed by atoms with E-state index in [1.807, 2.05) is 102 Å². The van der Waals surface area contributed by atoms with Crippen LogP contribution in [0.1, 0.15) is 42.5 Å². The molecule has 0 radical (unpaired) electrons. The molecular weight excluding hydrogens is 438 g/mol. The molecule has 6 heteroatoms. The SMILES string of the molecule is CCC(C(=O)N(CCCOC)CC(=O)N(Cc1ccccc1)Cc1cccn1C)c1ccccc1. The highest BCUT2D eigenvalue weighted by atomic mass is 16.5. The van der Waals surface area contributed by atoms with Gasteiger partial charge in [0.25, 0.3) is 0 Å². The van der Waals surface area contributed by atoms with Crippen molar-refractivity contribution in [2.75, 3.05) is 26.8 Å². The first-order valence-electron chi connectivity index (χ1n) is 12.3. The van der Waals surface area contributed by atoms with Gasteiger partial charge in [-0.25, -0.2) is 0 Å². The summed E-state index contributed by atoms with van der Waals surface area (Å²) in [5, 5.41) is 0. The van der Waals surface area contributed by atoms with E-state index < -0.39 is 0 Å². The van der Waals surface area contributed by atoms with Gasteiger partial charge in [0.2, 0.25) is 11.8 Å². The lowest BCUT2D eigenvalue weighted by atomic mass is 9.95. The molecule has 1 unspecified atom stereocenters. The molecule has 1 aromatic heterocycles. The van der Waals surface area contributed by atoms with Gasteiger partial charge < -0.3 is 19.1 Å². The summed E-state index contributed by atoms with van der Waals surface area (Å²) >= 11 is 0. The van der Waals surface area contributed by atoms with Crippen LogP contribution >= 0.6 is 0 Å². The van der Waals surface area contributed by atoms with Crippen molar-refractivity contribution in [3.63, 3.8) is 0 Å². The van der Waals surface area contributed by atoms with Gasteiger partial charge in [0, 0.05) is 45.7 Å². The number of hydrogen-bond donors (Lipinski definition) is 0. The van der Waals surface area contributed by atoms with E-state index in [-0.39, 0.29) is 24.3 Å². The Morgan fingerprint density at radius 3 is 2.20 bits per heavy atom. The number of aromatic nitrogens is 1. The van der Waals surface area contributed by atoms with Crippen molar-refractivity contribution in [3.8, 4) is 0 Å². The fraction of sp³-hybridized carbons (Fsp3) is 0.379. The predicted molar refractivity (Wildman–Crippen MR) is 139 cm³/mol. The van der Waals surface area contributed by atoms with Crippen LogP contribution in [0, 0.1) is 0 Å². The largest absolute Gasteiger partial charge is 0.385 e. The highest BCUT2D eigenvalue weighted by molar-refractivity contribution is 5.88. The van der Waals surface area contributed by atoms with E-state index in [1.54, 1.807) is 12.0 Å². The monoisotopic (exact) mass is 475 g/mol. The number of rotatable bonds is 13. The van der Waals surface area contributed by atoms with Gasteiger partial charge in [-0.3, -0.25) is 9.59 Å². The van der Waals surface area contributed by atoms with Gasteiger partial charge in [0.15, 0.2) is 0 Å². The van der Waals surface area contributed by atoms with Crippen LogP contribution in [0.2, 0.25) is 0 Å². The molecule has 1 atom stereocenters. The summed E-state index contributed by atoms with van der Waals surface area (Å²) in [5.74, 6) is -0.354. The van der Waals surface area contributed by atoms with E-state index >= 15 is 0 Å². The Labute approximate surface area is 209 Å². The maximum absolute atomic E-state index is 13.7. The Bertz CT molecular complexity index is 1050. The molecule has 35 heavy (non-hydrogen) atoms. The van der Waals surface area contributed by atoms with Crippen LogP contribution in [-0.2, 0) is 34.5 Å². The van der Waals surface area contributed by atoms with Crippen molar-refractivity contribution in [2.45, 2.75) is 38.8 Å². The van der Waals surface area contributed by atoms with Crippen LogP contribution in [0.15, 0.2) is 79.0 Å². The Morgan fingerprint density at radius 2 is 1.60 bits per heavy atom. The number of hydrogen-bond acceptors (Lipinski definition) is 3. The molecular formula is C29H37N3O3. The average Bonchev–Trinajstić information content (AvgIpc) is 3.29. The number of methoxy groups -OCH3 is 1. The summed E-state index contributed by atoms with van der Waals surface area (Å²) in [6, 6.07) is 23.8. The van der Waals surface area contributed by atoms with Crippen LogP contribution in [0.25, 0.3) is 0 Å². The average molecular weight is 476 g/mol. The topological polar surface area (TPSA) is 54.8 Å². The van der Waals surface area contributed by atoms with Crippen LogP contribution in [-0.4, -0.2) is 53.0 Å². The van der Waals surface area contributed by atoms with E-state index in [1.165, 1.54) is 0 Å². The third-order valence-electron chi connectivity index (χ3n) is 6.30. The number of ether oxygens (including phenoxy) is 1.